The van der Waals surface area contributed by atoms with E-state index in [0.717, 1.165) is 0 Å². The van der Waals surface area contributed by atoms with Gasteiger partial charge in [-0.2, -0.15) is 0 Å². The third-order valence-electron chi connectivity index (χ3n) is 2.96. The highest BCUT2D eigenvalue weighted by molar-refractivity contribution is 5.83. The van der Waals surface area contributed by atoms with Gasteiger partial charge in [0.05, 0.1) is 11.5 Å². The first-order valence-corrected chi connectivity index (χ1v) is 5.51. The van der Waals surface area contributed by atoms with Crippen LogP contribution in [0.5, 0.6) is 0 Å². The number of anilines is 2. The SMILES string of the molecule is CN1CCN(c2cc(N)cc([N+](=O)[O-])c2)CC1=O. The van der Waals surface area contributed by atoms with Crippen LogP contribution in [0.15, 0.2) is 18.2 Å². The molecule has 1 aromatic rings. The summed E-state index contributed by atoms with van der Waals surface area (Å²) in [5.41, 5.74) is 6.52. The Labute approximate surface area is 104 Å². The summed E-state index contributed by atoms with van der Waals surface area (Å²) in [6.07, 6.45) is 0. The Morgan fingerprint density at radius 3 is 2.67 bits per heavy atom. The molecule has 1 saturated heterocycles. The minimum atomic E-state index is -0.488. The highest BCUT2D eigenvalue weighted by Gasteiger charge is 2.22. The van der Waals surface area contributed by atoms with Gasteiger partial charge in [-0.15, -0.1) is 0 Å². The van der Waals surface area contributed by atoms with Crippen molar-refractivity contribution in [1.82, 2.24) is 4.90 Å². The molecule has 2 rings (SSSR count). The zero-order chi connectivity index (χ0) is 13.3. The molecule has 1 amide bonds. The van der Waals surface area contributed by atoms with Crippen molar-refractivity contribution < 1.29 is 9.72 Å². The lowest BCUT2D eigenvalue weighted by atomic mass is 10.2. The van der Waals surface area contributed by atoms with Crippen LogP contribution in [-0.4, -0.2) is 42.4 Å². The Hall–Kier alpha value is -2.31. The molecule has 1 fully saturated rings. The second kappa shape index (κ2) is 4.52. The van der Waals surface area contributed by atoms with E-state index in [2.05, 4.69) is 0 Å². The topological polar surface area (TPSA) is 92.7 Å². The smallest absolute Gasteiger partial charge is 0.273 e. The molecule has 0 atom stereocenters. The van der Waals surface area contributed by atoms with Crippen LogP contribution in [0.1, 0.15) is 0 Å². The number of nitro benzene ring substituents is 1. The molecule has 1 aliphatic rings. The number of rotatable bonds is 2. The first kappa shape index (κ1) is 12.2. The summed E-state index contributed by atoms with van der Waals surface area (Å²) in [5, 5.41) is 10.8. The maximum atomic E-state index is 11.6. The number of nitro groups is 1. The molecular weight excluding hydrogens is 236 g/mol. The van der Waals surface area contributed by atoms with Gasteiger partial charge in [-0.25, -0.2) is 0 Å². The number of hydrogen-bond donors (Lipinski definition) is 1. The molecule has 0 bridgehead atoms. The number of amides is 1. The molecule has 0 aliphatic carbocycles. The van der Waals surface area contributed by atoms with E-state index < -0.39 is 4.92 Å². The van der Waals surface area contributed by atoms with Crippen LogP contribution in [-0.2, 0) is 4.79 Å². The van der Waals surface area contributed by atoms with Crippen molar-refractivity contribution in [3.8, 4) is 0 Å². The Balaban J connectivity index is 2.28. The standard InChI is InChI=1S/C11H14N4O3/c1-13-2-3-14(7-11(13)16)9-4-8(12)5-10(6-9)15(17)18/h4-6H,2-3,7,12H2,1H3. The van der Waals surface area contributed by atoms with E-state index in [9.17, 15) is 14.9 Å². The second-order valence-electron chi connectivity index (χ2n) is 4.28. The molecule has 2 N–H and O–H groups in total. The maximum Gasteiger partial charge on any atom is 0.273 e. The lowest BCUT2D eigenvalue weighted by molar-refractivity contribution is -0.384. The molecule has 0 aromatic heterocycles. The van der Waals surface area contributed by atoms with Gasteiger partial charge in [0.25, 0.3) is 5.69 Å². The van der Waals surface area contributed by atoms with Gasteiger partial charge in [-0.1, -0.05) is 0 Å². The molecule has 0 radical (unpaired) electrons. The number of carbonyl (C=O) groups is 1. The summed E-state index contributed by atoms with van der Waals surface area (Å²) in [4.78, 5) is 25.3. The van der Waals surface area contributed by atoms with E-state index in [1.54, 1.807) is 22.9 Å². The average Bonchev–Trinajstić information content (AvgIpc) is 2.31. The molecule has 1 aromatic carbocycles. The van der Waals surface area contributed by atoms with Crippen LogP contribution in [0.2, 0.25) is 0 Å². The van der Waals surface area contributed by atoms with Crippen molar-refractivity contribution in [3.05, 3.63) is 28.3 Å². The van der Waals surface area contributed by atoms with Gasteiger partial charge < -0.3 is 15.5 Å². The summed E-state index contributed by atoms with van der Waals surface area (Å²) < 4.78 is 0. The predicted molar refractivity (Wildman–Crippen MR) is 67.4 cm³/mol. The monoisotopic (exact) mass is 250 g/mol. The van der Waals surface area contributed by atoms with Crippen LogP contribution in [0.25, 0.3) is 0 Å². The molecular formula is C11H14N4O3. The van der Waals surface area contributed by atoms with E-state index in [-0.39, 0.29) is 18.1 Å². The van der Waals surface area contributed by atoms with Gasteiger partial charge in [0, 0.05) is 43.6 Å². The Morgan fingerprint density at radius 2 is 2.06 bits per heavy atom. The number of likely N-dealkylation sites (N-methyl/N-ethyl adjacent to an activating group) is 1. The zero-order valence-electron chi connectivity index (χ0n) is 10.00. The third-order valence-corrected chi connectivity index (χ3v) is 2.96. The highest BCUT2D eigenvalue weighted by Crippen LogP contribution is 2.26. The molecule has 18 heavy (non-hydrogen) atoms. The van der Waals surface area contributed by atoms with Crippen LogP contribution in [0, 0.1) is 10.1 Å². The minimum absolute atomic E-state index is 0.00803. The van der Waals surface area contributed by atoms with E-state index in [4.69, 9.17) is 5.73 Å². The van der Waals surface area contributed by atoms with E-state index >= 15 is 0 Å². The summed E-state index contributed by atoms with van der Waals surface area (Å²) in [6, 6.07) is 4.39. The fourth-order valence-electron chi connectivity index (χ4n) is 1.88. The average molecular weight is 250 g/mol. The van der Waals surface area contributed by atoms with Crippen molar-refractivity contribution >= 4 is 23.0 Å². The van der Waals surface area contributed by atoms with Crippen molar-refractivity contribution in [2.45, 2.75) is 0 Å². The molecule has 0 unspecified atom stereocenters. The number of benzene rings is 1. The molecule has 1 heterocycles. The quantitative estimate of drug-likeness (QED) is 0.467. The molecule has 1 aliphatic heterocycles. The lowest BCUT2D eigenvalue weighted by Gasteiger charge is -2.33. The van der Waals surface area contributed by atoms with Gasteiger partial charge in [0.15, 0.2) is 0 Å². The first-order chi connectivity index (χ1) is 8.47. The molecule has 7 heteroatoms. The number of nitrogens with two attached hydrogens (primary N) is 1. The van der Waals surface area contributed by atoms with Gasteiger partial charge in [-0.05, 0) is 6.07 Å². The minimum Gasteiger partial charge on any atom is -0.398 e. The van der Waals surface area contributed by atoms with Gasteiger partial charge in [0.2, 0.25) is 5.91 Å². The Morgan fingerprint density at radius 1 is 1.33 bits per heavy atom. The van der Waals surface area contributed by atoms with Gasteiger partial charge in [0.1, 0.15) is 0 Å². The largest absolute Gasteiger partial charge is 0.398 e. The number of hydrogen-bond acceptors (Lipinski definition) is 5. The number of non-ortho nitro benzene ring substituents is 1. The van der Waals surface area contributed by atoms with E-state index in [1.165, 1.54) is 12.1 Å². The number of carbonyl (C=O) groups excluding carboxylic acids is 1. The van der Waals surface area contributed by atoms with Crippen LogP contribution in [0.4, 0.5) is 17.1 Å². The van der Waals surface area contributed by atoms with Gasteiger partial charge in [-0.3, -0.25) is 14.9 Å². The summed E-state index contributed by atoms with van der Waals surface area (Å²) in [6.45, 7) is 1.46. The van der Waals surface area contributed by atoms with E-state index in [1.807, 2.05) is 0 Å². The molecule has 7 nitrogen and oxygen atoms in total. The van der Waals surface area contributed by atoms with Crippen LogP contribution >= 0.6 is 0 Å². The number of nitrogen functional groups attached to an aromatic ring is 1. The summed E-state index contributed by atoms with van der Waals surface area (Å²) in [5.74, 6) is -0.00803. The summed E-state index contributed by atoms with van der Waals surface area (Å²) in [7, 11) is 1.74. The predicted octanol–water partition coefficient (Wildman–Crippen LogP) is 0.455. The molecule has 0 spiro atoms. The second-order valence-corrected chi connectivity index (χ2v) is 4.28. The molecule has 0 saturated carbocycles. The number of piperazine rings is 1. The van der Waals surface area contributed by atoms with E-state index in [0.29, 0.717) is 24.5 Å². The number of nitrogens with zero attached hydrogens (tertiary/aromatic N) is 3. The van der Waals surface area contributed by atoms with Crippen LogP contribution in [0.3, 0.4) is 0 Å². The van der Waals surface area contributed by atoms with Crippen molar-refractivity contribution in [3.63, 3.8) is 0 Å². The zero-order valence-corrected chi connectivity index (χ0v) is 10.00. The van der Waals surface area contributed by atoms with Crippen molar-refractivity contribution in [1.29, 1.82) is 0 Å². The maximum absolute atomic E-state index is 11.6. The fourth-order valence-corrected chi connectivity index (χ4v) is 1.88. The summed E-state index contributed by atoms with van der Waals surface area (Å²) >= 11 is 0. The first-order valence-electron chi connectivity index (χ1n) is 5.51. The van der Waals surface area contributed by atoms with Crippen molar-refractivity contribution in [2.75, 3.05) is 37.3 Å². The van der Waals surface area contributed by atoms with Crippen LogP contribution < -0.4 is 10.6 Å². The lowest BCUT2D eigenvalue weighted by Crippen LogP contribution is -2.48. The third kappa shape index (κ3) is 2.34. The van der Waals surface area contributed by atoms with Crippen molar-refractivity contribution in [2.24, 2.45) is 0 Å². The molecule has 96 valence electrons. The highest BCUT2D eigenvalue weighted by atomic mass is 16.6. The van der Waals surface area contributed by atoms with Gasteiger partial charge >= 0.3 is 0 Å². The Bertz CT molecular complexity index is 503. The normalized spacial score (nSPS) is 15.9. The fraction of sp³-hybridized carbons (Fsp3) is 0.364. The Kier molecular flexibility index (Phi) is 3.05.